The van der Waals surface area contributed by atoms with Crippen LogP contribution in [0.25, 0.3) is 10.2 Å². The molecule has 0 radical (unpaired) electrons. The molecule has 2 aromatic heterocycles. The highest BCUT2D eigenvalue weighted by atomic mass is 32.1. The first kappa shape index (κ1) is 15.0. The molecule has 4 N–H and O–H groups in total. The van der Waals surface area contributed by atoms with E-state index >= 15 is 0 Å². The van der Waals surface area contributed by atoms with Crippen LogP contribution < -0.4 is 26.4 Å². The normalized spacial score (nSPS) is 10.5. The zero-order valence-corrected chi connectivity index (χ0v) is 12.8. The number of pyridine rings is 1. The summed E-state index contributed by atoms with van der Waals surface area (Å²) in [5.74, 6) is -1.44. The van der Waals surface area contributed by atoms with Crippen molar-refractivity contribution in [1.82, 2.24) is 4.68 Å². The van der Waals surface area contributed by atoms with Crippen LogP contribution >= 0.6 is 11.3 Å². The highest BCUT2D eigenvalue weighted by Crippen LogP contribution is 2.45. The number of nitrogens with zero attached hydrogens (tertiary/aromatic N) is 1. The summed E-state index contributed by atoms with van der Waals surface area (Å²) in [6.07, 6.45) is 0. The second-order valence-electron chi connectivity index (χ2n) is 4.12. The van der Waals surface area contributed by atoms with E-state index in [0.717, 1.165) is 5.00 Å². The predicted octanol–water partition coefficient (Wildman–Crippen LogP) is 0.951. The number of anilines is 2. The van der Waals surface area contributed by atoms with Crippen molar-refractivity contribution >= 4 is 38.2 Å². The Morgan fingerprint density at radius 3 is 2.43 bits per heavy atom. The summed E-state index contributed by atoms with van der Waals surface area (Å²) in [6, 6.07) is 0. The molecule has 21 heavy (non-hydrogen) atoms. The van der Waals surface area contributed by atoms with Crippen LogP contribution in [0, 0.1) is 0 Å². The van der Waals surface area contributed by atoms with Crippen molar-refractivity contribution in [1.29, 1.82) is 0 Å². The van der Waals surface area contributed by atoms with Gasteiger partial charge in [0.15, 0.2) is 5.75 Å². The molecule has 0 aliphatic carbocycles. The number of fused-ring (bicyclic) bond motifs is 1. The summed E-state index contributed by atoms with van der Waals surface area (Å²) in [5, 5.41) is 17.4. The lowest BCUT2D eigenvalue weighted by Gasteiger charge is -2.11. The second-order valence-corrected chi connectivity index (χ2v) is 5.12. The van der Waals surface area contributed by atoms with Gasteiger partial charge < -0.3 is 25.9 Å². The maximum atomic E-state index is 12.3. The van der Waals surface area contributed by atoms with Crippen LogP contribution in [0.2, 0.25) is 0 Å². The van der Waals surface area contributed by atoms with E-state index in [2.05, 4.69) is 16.1 Å². The summed E-state index contributed by atoms with van der Waals surface area (Å²) < 4.78 is 6.08. The molecule has 8 nitrogen and oxygen atoms in total. The number of nitrogens with one attached hydrogen (secondary N) is 3. The van der Waals surface area contributed by atoms with Crippen LogP contribution in [0.3, 0.4) is 0 Å². The average Bonchev–Trinajstić information content (AvgIpc) is 2.82. The van der Waals surface area contributed by atoms with Gasteiger partial charge in [0.1, 0.15) is 9.83 Å². The lowest BCUT2D eigenvalue weighted by Crippen LogP contribution is -2.28. The molecule has 0 bridgehead atoms. The standard InChI is InChI=1S/C12H16N4O4S/c1-5(17)20-9-8(18)6-7(13-2)10(14-3)21-12(6)16(15-4)11(9)19/h13-15,18H,1-4H3. The van der Waals surface area contributed by atoms with E-state index in [4.69, 9.17) is 4.74 Å². The molecule has 0 spiro atoms. The fourth-order valence-electron chi connectivity index (χ4n) is 2.06. The Balaban J connectivity index is 2.95. The molecule has 0 saturated heterocycles. The Labute approximate surface area is 124 Å². The third kappa shape index (κ3) is 2.25. The first-order valence-electron chi connectivity index (χ1n) is 6.12. The second kappa shape index (κ2) is 5.52. The average molecular weight is 312 g/mol. The van der Waals surface area contributed by atoms with Gasteiger partial charge in [0, 0.05) is 28.1 Å². The molecule has 2 aromatic rings. The van der Waals surface area contributed by atoms with E-state index in [1.807, 2.05) is 0 Å². The summed E-state index contributed by atoms with van der Waals surface area (Å²) in [4.78, 5) is 23.9. The van der Waals surface area contributed by atoms with E-state index in [0.29, 0.717) is 15.9 Å². The lowest BCUT2D eigenvalue weighted by atomic mass is 10.2. The van der Waals surface area contributed by atoms with Crippen LogP contribution in [0.5, 0.6) is 11.5 Å². The van der Waals surface area contributed by atoms with Gasteiger partial charge in [0.05, 0.1) is 11.1 Å². The van der Waals surface area contributed by atoms with Gasteiger partial charge in [0.2, 0.25) is 5.75 Å². The van der Waals surface area contributed by atoms with Crippen molar-refractivity contribution in [2.75, 3.05) is 37.2 Å². The summed E-state index contributed by atoms with van der Waals surface area (Å²) >= 11 is 1.28. The van der Waals surface area contributed by atoms with E-state index in [-0.39, 0.29) is 5.75 Å². The first-order chi connectivity index (χ1) is 9.96. The number of thiophene rings is 1. The van der Waals surface area contributed by atoms with Crippen molar-refractivity contribution in [3.8, 4) is 11.5 Å². The molecular weight excluding hydrogens is 296 g/mol. The number of carbonyl (C=O) groups excluding carboxylic acids is 1. The largest absolute Gasteiger partial charge is 0.504 e. The summed E-state index contributed by atoms with van der Waals surface area (Å²) in [6.45, 7) is 1.17. The van der Waals surface area contributed by atoms with Gasteiger partial charge in [-0.1, -0.05) is 11.3 Å². The molecule has 114 valence electrons. The van der Waals surface area contributed by atoms with Crippen molar-refractivity contribution in [2.45, 2.75) is 6.92 Å². The number of aromatic hydroxyl groups is 1. The molecule has 9 heteroatoms. The molecule has 2 rings (SSSR count). The van der Waals surface area contributed by atoms with Crippen molar-refractivity contribution < 1.29 is 14.6 Å². The quantitative estimate of drug-likeness (QED) is 0.623. The molecule has 0 fully saturated rings. The zero-order chi connectivity index (χ0) is 15.7. The number of carbonyl (C=O) groups is 1. The van der Waals surface area contributed by atoms with Crippen LogP contribution in [0.1, 0.15) is 6.92 Å². The molecule has 0 amide bonds. The van der Waals surface area contributed by atoms with Gasteiger partial charge in [-0.15, -0.1) is 0 Å². The highest BCUT2D eigenvalue weighted by Gasteiger charge is 2.24. The molecule has 0 saturated carbocycles. The smallest absolute Gasteiger partial charge is 0.317 e. The Hall–Kier alpha value is -2.42. The van der Waals surface area contributed by atoms with E-state index in [1.165, 1.54) is 22.9 Å². The molecular formula is C12H16N4O4S. The molecule has 0 unspecified atom stereocenters. The van der Waals surface area contributed by atoms with Crippen LogP contribution in [0.15, 0.2) is 4.79 Å². The lowest BCUT2D eigenvalue weighted by molar-refractivity contribution is -0.132. The van der Waals surface area contributed by atoms with E-state index in [9.17, 15) is 14.7 Å². The molecule has 0 aliphatic heterocycles. The van der Waals surface area contributed by atoms with Crippen LogP contribution in [0.4, 0.5) is 10.7 Å². The SMILES string of the molecule is CNc1sc2c(c(O)c(OC(C)=O)c(=O)n2NC)c1NC. The first-order valence-corrected chi connectivity index (χ1v) is 6.94. The van der Waals surface area contributed by atoms with Gasteiger partial charge in [-0.05, 0) is 0 Å². The number of aromatic nitrogens is 1. The van der Waals surface area contributed by atoms with Crippen LogP contribution in [-0.4, -0.2) is 36.9 Å². The van der Waals surface area contributed by atoms with Crippen molar-refractivity contribution in [2.24, 2.45) is 0 Å². The van der Waals surface area contributed by atoms with Gasteiger partial charge in [-0.3, -0.25) is 9.59 Å². The monoisotopic (exact) mass is 312 g/mol. The summed E-state index contributed by atoms with van der Waals surface area (Å²) in [5.41, 5.74) is 2.71. The predicted molar refractivity (Wildman–Crippen MR) is 83.4 cm³/mol. The minimum atomic E-state index is -0.681. The maximum absolute atomic E-state index is 12.3. The molecule has 2 heterocycles. The number of ether oxygens (including phenoxy) is 1. The Morgan fingerprint density at radius 1 is 1.29 bits per heavy atom. The maximum Gasteiger partial charge on any atom is 0.317 e. The van der Waals surface area contributed by atoms with Gasteiger partial charge in [-0.2, -0.15) is 0 Å². The zero-order valence-electron chi connectivity index (χ0n) is 12.0. The fraction of sp³-hybridized carbons (Fsp3) is 0.333. The Bertz CT molecular complexity index is 765. The summed E-state index contributed by atoms with van der Waals surface area (Å²) in [7, 11) is 4.99. The third-order valence-corrected chi connectivity index (χ3v) is 4.08. The minimum absolute atomic E-state index is 0.362. The fourth-order valence-corrected chi connectivity index (χ4v) is 3.23. The van der Waals surface area contributed by atoms with Crippen molar-refractivity contribution in [3.63, 3.8) is 0 Å². The molecule has 0 aromatic carbocycles. The number of hydrogen-bond donors (Lipinski definition) is 4. The molecule has 0 aliphatic rings. The Morgan fingerprint density at radius 2 is 1.95 bits per heavy atom. The molecule has 0 atom stereocenters. The van der Waals surface area contributed by atoms with Gasteiger partial charge in [-0.25, -0.2) is 4.68 Å². The van der Waals surface area contributed by atoms with Crippen molar-refractivity contribution in [3.05, 3.63) is 10.4 Å². The number of esters is 1. The minimum Gasteiger partial charge on any atom is -0.504 e. The Kier molecular flexibility index (Phi) is 3.94. The van der Waals surface area contributed by atoms with Gasteiger partial charge in [0.25, 0.3) is 0 Å². The topological polar surface area (TPSA) is 105 Å². The number of rotatable bonds is 4. The van der Waals surface area contributed by atoms with Gasteiger partial charge >= 0.3 is 11.5 Å². The number of hydrogen-bond acceptors (Lipinski definition) is 8. The van der Waals surface area contributed by atoms with E-state index < -0.39 is 17.3 Å². The highest BCUT2D eigenvalue weighted by molar-refractivity contribution is 7.23. The third-order valence-electron chi connectivity index (χ3n) is 2.89. The van der Waals surface area contributed by atoms with Crippen LogP contribution in [-0.2, 0) is 4.79 Å². The van der Waals surface area contributed by atoms with E-state index in [1.54, 1.807) is 21.1 Å².